The predicted molar refractivity (Wildman–Crippen MR) is 128 cm³/mol. The summed E-state index contributed by atoms with van der Waals surface area (Å²) in [5, 5.41) is 77.7. The van der Waals surface area contributed by atoms with Crippen molar-refractivity contribution >= 4 is 11.9 Å². The van der Waals surface area contributed by atoms with Crippen LogP contribution < -0.4 is 0 Å². The number of esters is 1. The SMILES string of the molecule is CC(C)C(=O)O.CCCCCCCC(=O)OC[C@H]1O[C@H](O[C@]2(CO)O[C@H](CO)[C@@H](O)[C@@H]2O)[C@H](O)[C@@H](O)[C@@H]1O. The summed E-state index contributed by atoms with van der Waals surface area (Å²) in [5.41, 5.74) is 0. The Morgan fingerprint density at radius 1 is 0.895 bits per heavy atom. The largest absolute Gasteiger partial charge is 0.481 e. The molecule has 0 saturated carbocycles. The fourth-order valence-electron chi connectivity index (χ4n) is 3.74. The van der Waals surface area contributed by atoms with Crippen LogP contribution in [0.4, 0.5) is 0 Å². The summed E-state index contributed by atoms with van der Waals surface area (Å²) >= 11 is 0. The third-order valence-corrected chi connectivity index (χ3v) is 6.28. The highest BCUT2D eigenvalue weighted by Gasteiger charge is 2.58. The molecule has 0 amide bonds. The summed E-state index contributed by atoms with van der Waals surface area (Å²) in [6, 6.07) is 0. The molecule has 224 valence electrons. The van der Waals surface area contributed by atoms with E-state index in [1.165, 1.54) is 0 Å². The standard InChI is InChI=1S/C20H36O12.C4H8O2/c1-2-3-4-5-6-7-13(23)29-9-12-14(24)16(26)17(27)19(30-12)32-20(10-22)18(28)15(25)11(8-21)31-20;1-3(2)4(5)6/h11-12,14-19,21-22,24-28H,2-10H2,1H3;3H,1-2H3,(H,5,6)/t11-,12-,14-,15-,16+,17-,18+,19-,20+;/m1./s1. The number of carbonyl (C=O) groups excluding carboxylic acids is 1. The minimum atomic E-state index is -2.26. The normalized spacial score (nSPS) is 35.0. The van der Waals surface area contributed by atoms with Crippen molar-refractivity contribution in [3.05, 3.63) is 0 Å². The van der Waals surface area contributed by atoms with Crippen LogP contribution in [-0.2, 0) is 28.5 Å². The molecule has 0 aromatic carbocycles. The van der Waals surface area contributed by atoms with Gasteiger partial charge in [-0.05, 0) is 6.42 Å². The molecular formula is C24H44O14. The van der Waals surface area contributed by atoms with Gasteiger partial charge in [0, 0.05) is 6.42 Å². The van der Waals surface area contributed by atoms with E-state index >= 15 is 0 Å². The molecule has 2 aliphatic heterocycles. The monoisotopic (exact) mass is 556 g/mol. The summed E-state index contributed by atoms with van der Waals surface area (Å²) in [6.07, 6.45) is -7.98. The van der Waals surface area contributed by atoms with Gasteiger partial charge in [-0.3, -0.25) is 9.59 Å². The first-order chi connectivity index (χ1) is 17.8. The van der Waals surface area contributed by atoms with Crippen LogP contribution in [0.5, 0.6) is 0 Å². The molecule has 0 aromatic rings. The number of carboxylic acid groups (broad SMARTS) is 1. The highest BCUT2D eigenvalue weighted by Crippen LogP contribution is 2.36. The third-order valence-electron chi connectivity index (χ3n) is 6.28. The van der Waals surface area contributed by atoms with Gasteiger partial charge in [-0.1, -0.05) is 46.5 Å². The second-order valence-corrected chi connectivity index (χ2v) is 9.72. The van der Waals surface area contributed by atoms with Crippen LogP contribution in [0.3, 0.4) is 0 Å². The number of aliphatic carboxylic acids is 1. The number of ether oxygens (including phenoxy) is 4. The van der Waals surface area contributed by atoms with E-state index in [4.69, 9.17) is 24.1 Å². The van der Waals surface area contributed by atoms with Gasteiger partial charge in [0.2, 0.25) is 5.79 Å². The molecule has 0 bridgehead atoms. The Kier molecular flexibility index (Phi) is 15.1. The molecule has 0 aliphatic carbocycles. The lowest BCUT2D eigenvalue weighted by Crippen LogP contribution is -2.62. The van der Waals surface area contributed by atoms with Gasteiger partial charge in [0.1, 0.15) is 55.9 Å². The molecule has 2 aliphatic rings. The second-order valence-electron chi connectivity index (χ2n) is 9.72. The number of hydrogen-bond donors (Lipinski definition) is 8. The van der Waals surface area contributed by atoms with E-state index in [9.17, 15) is 45.3 Å². The van der Waals surface area contributed by atoms with E-state index in [2.05, 4.69) is 6.92 Å². The summed E-state index contributed by atoms with van der Waals surface area (Å²) in [4.78, 5) is 21.6. The number of unbranched alkanes of at least 4 members (excludes halogenated alkanes) is 4. The van der Waals surface area contributed by atoms with Gasteiger partial charge >= 0.3 is 11.9 Å². The van der Waals surface area contributed by atoms with Crippen molar-refractivity contribution in [1.29, 1.82) is 0 Å². The molecule has 2 heterocycles. The van der Waals surface area contributed by atoms with Gasteiger partial charge in [-0.15, -0.1) is 0 Å². The average Bonchev–Trinajstić information content (AvgIpc) is 3.13. The Morgan fingerprint density at radius 3 is 2.00 bits per heavy atom. The molecule has 2 rings (SSSR count). The Bertz CT molecular complexity index is 706. The minimum Gasteiger partial charge on any atom is -0.481 e. The maximum atomic E-state index is 11.9. The number of carbonyl (C=O) groups is 2. The van der Waals surface area contributed by atoms with Crippen molar-refractivity contribution in [1.82, 2.24) is 0 Å². The molecule has 38 heavy (non-hydrogen) atoms. The second kappa shape index (κ2) is 16.6. The quantitative estimate of drug-likeness (QED) is 0.0928. The average molecular weight is 557 g/mol. The number of hydrogen-bond acceptors (Lipinski definition) is 13. The van der Waals surface area contributed by atoms with Crippen LogP contribution in [0.25, 0.3) is 0 Å². The van der Waals surface area contributed by atoms with Crippen LogP contribution >= 0.6 is 0 Å². The maximum Gasteiger partial charge on any atom is 0.305 e. The van der Waals surface area contributed by atoms with E-state index in [0.29, 0.717) is 6.42 Å². The maximum absolute atomic E-state index is 11.9. The number of carboxylic acids is 1. The molecule has 0 spiro atoms. The van der Waals surface area contributed by atoms with Gasteiger partial charge < -0.3 is 59.8 Å². The van der Waals surface area contributed by atoms with Crippen molar-refractivity contribution < 1.29 is 69.4 Å². The molecular weight excluding hydrogens is 512 g/mol. The molecule has 14 heteroatoms. The van der Waals surface area contributed by atoms with Crippen LogP contribution in [0.2, 0.25) is 0 Å². The van der Waals surface area contributed by atoms with Crippen molar-refractivity contribution in [2.24, 2.45) is 5.92 Å². The third kappa shape index (κ3) is 9.62. The van der Waals surface area contributed by atoms with Crippen LogP contribution in [0, 0.1) is 5.92 Å². The highest BCUT2D eigenvalue weighted by molar-refractivity contribution is 5.69. The van der Waals surface area contributed by atoms with Gasteiger partial charge in [-0.25, -0.2) is 0 Å². The molecule has 2 fully saturated rings. The molecule has 2 saturated heterocycles. The first-order valence-corrected chi connectivity index (χ1v) is 12.9. The predicted octanol–water partition coefficient (Wildman–Crippen LogP) is -1.76. The summed E-state index contributed by atoms with van der Waals surface area (Å²) in [7, 11) is 0. The van der Waals surface area contributed by atoms with Crippen LogP contribution in [-0.4, -0.2) is 127 Å². The van der Waals surface area contributed by atoms with E-state index in [-0.39, 0.29) is 12.3 Å². The smallest absolute Gasteiger partial charge is 0.305 e. The lowest BCUT2D eigenvalue weighted by atomic mass is 9.99. The molecule has 9 atom stereocenters. The zero-order valence-corrected chi connectivity index (χ0v) is 22.1. The van der Waals surface area contributed by atoms with E-state index in [0.717, 1.165) is 25.7 Å². The lowest BCUT2D eigenvalue weighted by molar-refractivity contribution is -0.383. The van der Waals surface area contributed by atoms with E-state index in [1.807, 2.05) is 0 Å². The molecule has 0 aromatic heterocycles. The molecule has 0 unspecified atom stereocenters. The van der Waals surface area contributed by atoms with Crippen molar-refractivity contribution in [3.63, 3.8) is 0 Å². The zero-order valence-electron chi connectivity index (χ0n) is 22.1. The first-order valence-electron chi connectivity index (χ1n) is 12.9. The Hall–Kier alpha value is -1.46. The van der Waals surface area contributed by atoms with Crippen molar-refractivity contribution in [3.8, 4) is 0 Å². The molecule has 0 radical (unpaired) electrons. The van der Waals surface area contributed by atoms with Gasteiger partial charge in [-0.2, -0.15) is 0 Å². The fraction of sp³-hybridized carbons (Fsp3) is 0.917. The Morgan fingerprint density at radius 2 is 1.50 bits per heavy atom. The van der Waals surface area contributed by atoms with Gasteiger partial charge in [0.05, 0.1) is 12.5 Å². The zero-order chi connectivity index (χ0) is 29.0. The highest BCUT2D eigenvalue weighted by atomic mass is 16.8. The van der Waals surface area contributed by atoms with Gasteiger partial charge in [0.25, 0.3) is 0 Å². The van der Waals surface area contributed by atoms with Crippen molar-refractivity contribution in [2.45, 2.75) is 114 Å². The summed E-state index contributed by atoms with van der Waals surface area (Å²) in [6.45, 7) is 3.27. The van der Waals surface area contributed by atoms with Crippen LogP contribution in [0.15, 0.2) is 0 Å². The first kappa shape index (κ1) is 34.6. The van der Waals surface area contributed by atoms with Gasteiger partial charge in [0.15, 0.2) is 6.29 Å². The number of rotatable bonds is 13. The molecule has 8 N–H and O–H groups in total. The number of aliphatic hydroxyl groups is 7. The topological polar surface area (TPSA) is 233 Å². The van der Waals surface area contributed by atoms with E-state index < -0.39 is 86.6 Å². The van der Waals surface area contributed by atoms with E-state index in [1.54, 1.807) is 13.8 Å². The Labute approximate surface area is 221 Å². The van der Waals surface area contributed by atoms with Crippen LogP contribution in [0.1, 0.15) is 59.3 Å². The minimum absolute atomic E-state index is 0.186. The Balaban J connectivity index is 0.00000107. The summed E-state index contributed by atoms with van der Waals surface area (Å²) < 4.78 is 21.2. The summed E-state index contributed by atoms with van der Waals surface area (Å²) in [5.74, 6) is -3.74. The lowest BCUT2D eigenvalue weighted by Gasteiger charge is -2.43. The van der Waals surface area contributed by atoms with Crippen molar-refractivity contribution in [2.75, 3.05) is 19.8 Å². The molecule has 14 nitrogen and oxygen atoms in total. The number of aliphatic hydroxyl groups excluding tert-OH is 7. The fourth-order valence-corrected chi connectivity index (χ4v) is 3.74.